The second-order valence-corrected chi connectivity index (χ2v) is 44.5. The first-order valence-corrected chi connectivity index (χ1v) is 48.4. The quantitative estimate of drug-likeness (QED) is 0.0798. The van der Waals surface area contributed by atoms with Crippen LogP contribution >= 0.6 is 0 Å². The van der Waals surface area contributed by atoms with Crippen LogP contribution in [0.4, 0.5) is 68.2 Å². The Morgan fingerprint density at radius 2 is 0.521 bits per heavy atom. The van der Waals surface area contributed by atoms with E-state index in [1.54, 1.807) is 0 Å². The summed E-state index contributed by atoms with van der Waals surface area (Å²) in [4.78, 5) is 9.43. The van der Waals surface area contributed by atoms with E-state index >= 15 is 0 Å². The smallest absolute Gasteiger partial charge is 0.143 e. The molecule has 0 radical (unpaired) electrons. The molecule has 22 rings (SSSR count). The summed E-state index contributed by atoms with van der Waals surface area (Å²) in [6.45, 7) is 19.1. The van der Waals surface area contributed by atoms with Crippen LogP contribution in [0, 0.1) is 0 Å². The third-order valence-electron chi connectivity index (χ3n) is 24.7. The van der Waals surface area contributed by atoms with Crippen LogP contribution in [-0.4, -0.2) is 16.1 Å². The lowest BCUT2D eigenvalue weighted by atomic mass is 9.82. The van der Waals surface area contributed by atoms with Gasteiger partial charge in [0.05, 0.1) is 16.1 Å². The van der Waals surface area contributed by atoms with Crippen molar-refractivity contribution in [3.05, 3.63) is 399 Å². The lowest BCUT2D eigenvalue weighted by Crippen LogP contribution is -2.37. The molecule has 119 heavy (non-hydrogen) atoms. The molecule has 2 aromatic heterocycles. The normalized spacial score (nSPS) is 12.6. The van der Waals surface area contributed by atoms with Gasteiger partial charge in [0.2, 0.25) is 0 Å². The molecule has 572 valence electrons. The Morgan fingerprint density at radius 3 is 0.975 bits per heavy atom. The van der Waals surface area contributed by atoms with Gasteiger partial charge < -0.3 is 28.4 Å². The van der Waals surface area contributed by atoms with Crippen LogP contribution in [0.15, 0.2) is 397 Å². The fourth-order valence-electron chi connectivity index (χ4n) is 18.7. The minimum Gasteiger partial charge on any atom is -0.455 e. The van der Waals surface area contributed by atoms with Crippen molar-refractivity contribution in [2.45, 2.75) is 58.5 Å². The largest absolute Gasteiger partial charge is 0.455 e. The van der Waals surface area contributed by atoms with Crippen LogP contribution in [0.5, 0.6) is 0 Å². The third-order valence-corrected chi connectivity index (χ3v) is 28.8. The molecule has 1 aliphatic rings. The van der Waals surface area contributed by atoms with Gasteiger partial charge in [-0.25, -0.2) is 0 Å². The van der Waals surface area contributed by atoms with Gasteiger partial charge in [-0.3, -0.25) is 0 Å². The van der Waals surface area contributed by atoms with E-state index in [0.29, 0.717) is 0 Å². The Kier molecular flexibility index (Phi) is 17.5. The van der Waals surface area contributed by atoms with Crippen LogP contribution in [0.25, 0.3) is 120 Å². The molecule has 0 N–H and O–H groups in total. The summed E-state index contributed by atoms with van der Waals surface area (Å²) in [5.74, 6) is 0. The maximum atomic E-state index is 7.04. The number of rotatable bonds is 14. The maximum Gasteiger partial charge on any atom is 0.143 e. The van der Waals surface area contributed by atoms with E-state index in [0.717, 1.165) is 134 Å². The highest BCUT2D eigenvalue weighted by atomic mass is 28.3. The summed E-state index contributed by atoms with van der Waals surface area (Å²) >= 11 is 0. The SMILES string of the molecule is CC1(C)c2ccccc2-c2ccc(N(c3ccccc3)c3ccc4c(c3)c3ccccc3c3c5ccc(N(c6ccccc6)c6ccc([Si](C)(C)C)cc6)cc5oc43)cc21.C[Si](C)(C)c1ccc(N(c2ccccc2)c2ccc3c(c2)oc2c4ccc(N(c5ccccc5)c5ccc6c(ccc7ccccc76)c5)cc4c4ccccc4c32)cc1. The first kappa shape index (κ1) is 72.7. The highest BCUT2D eigenvalue weighted by molar-refractivity contribution is 6.89. The van der Waals surface area contributed by atoms with Crippen LogP contribution in [0.3, 0.4) is 0 Å². The van der Waals surface area contributed by atoms with Crippen LogP contribution < -0.4 is 30.0 Å². The first-order valence-electron chi connectivity index (χ1n) is 41.4. The Hall–Kier alpha value is -14.0. The summed E-state index contributed by atoms with van der Waals surface area (Å²) in [5, 5.41) is 21.7. The zero-order valence-corrected chi connectivity index (χ0v) is 70.1. The maximum absolute atomic E-state index is 7.04. The molecule has 0 unspecified atom stereocenters. The van der Waals surface area contributed by atoms with Crippen molar-refractivity contribution in [1.29, 1.82) is 0 Å². The summed E-state index contributed by atoms with van der Waals surface area (Å²) in [6, 6.07) is 142. The van der Waals surface area contributed by atoms with E-state index in [1.807, 2.05) is 0 Å². The average Bonchev–Trinajstić information content (AvgIpc) is 1.61. The van der Waals surface area contributed by atoms with Gasteiger partial charge in [-0.1, -0.05) is 282 Å². The Bertz CT molecular complexity index is 7540. The number of hydrogen-bond acceptors (Lipinski definition) is 6. The number of anilines is 12. The van der Waals surface area contributed by atoms with Gasteiger partial charge in [0.25, 0.3) is 0 Å². The van der Waals surface area contributed by atoms with E-state index in [1.165, 1.54) is 75.7 Å². The van der Waals surface area contributed by atoms with Gasteiger partial charge in [-0.05, 0) is 234 Å². The summed E-state index contributed by atoms with van der Waals surface area (Å²) in [6.07, 6.45) is 0. The number of nitrogens with zero attached hydrogens (tertiary/aromatic N) is 4. The molecule has 0 atom stereocenters. The molecule has 19 aromatic carbocycles. The summed E-state index contributed by atoms with van der Waals surface area (Å²) in [7, 11) is -2.90. The standard InChI is InChI=1S/C56H46N2OSi.C55H42N2OSi/c1-56(2)51-23-15-14-21-45(51)46-31-26-41(35-52(46)56)58(38-18-10-7-11-19-38)40-27-32-48-50(34-40)44-20-12-13-22-47(44)54-49-33-28-42(36-53(49)59-55(48)54)57(37-16-8-6-9-17-37)39-24-29-43(30-25-39)60(3,4)5;1-59(2,3)45-29-24-41(25-30-45)56(39-15-6-4-7-16-39)44-28-33-51-53(36-44)58-55-50-32-27-43(35-52(50)48-20-12-13-21-49(48)54(51)55)57(40-17-8-5-9-18-40)42-26-31-47-38(34-42)23-22-37-14-10-11-19-46(37)47/h6-36H,1-5H3;4-36H,1-3H3. The minimum absolute atomic E-state index is 0.104. The predicted octanol–water partition coefficient (Wildman–Crippen LogP) is 31.4. The molecule has 0 bridgehead atoms. The third kappa shape index (κ3) is 12.6. The van der Waals surface area contributed by atoms with Crippen molar-refractivity contribution < 1.29 is 8.83 Å². The molecule has 0 fully saturated rings. The van der Waals surface area contributed by atoms with E-state index in [4.69, 9.17) is 8.83 Å². The number of hydrogen-bond donors (Lipinski definition) is 0. The van der Waals surface area contributed by atoms with Crippen LogP contribution in [0.1, 0.15) is 25.0 Å². The molecule has 0 saturated heterocycles. The topological polar surface area (TPSA) is 39.2 Å². The van der Waals surface area contributed by atoms with Crippen molar-refractivity contribution in [2.75, 3.05) is 19.6 Å². The lowest BCUT2D eigenvalue weighted by molar-refractivity contribution is 0.660. The van der Waals surface area contributed by atoms with E-state index < -0.39 is 16.1 Å². The molecule has 2 heterocycles. The van der Waals surface area contributed by atoms with E-state index in [2.05, 4.69) is 461 Å². The van der Waals surface area contributed by atoms with Gasteiger partial charge in [-0.15, -0.1) is 0 Å². The zero-order valence-electron chi connectivity index (χ0n) is 68.1. The molecule has 6 nitrogen and oxygen atoms in total. The molecule has 1 aliphatic carbocycles. The Morgan fingerprint density at radius 1 is 0.210 bits per heavy atom. The minimum atomic E-state index is -1.45. The van der Waals surface area contributed by atoms with Crippen LogP contribution in [0.2, 0.25) is 39.3 Å². The van der Waals surface area contributed by atoms with Crippen molar-refractivity contribution in [3.8, 4) is 11.1 Å². The first-order chi connectivity index (χ1) is 58.0. The summed E-state index contributed by atoms with van der Waals surface area (Å²) in [5.41, 5.74) is 22.1. The van der Waals surface area contributed by atoms with Crippen molar-refractivity contribution in [1.82, 2.24) is 0 Å². The van der Waals surface area contributed by atoms with Gasteiger partial charge in [0.1, 0.15) is 22.3 Å². The molecular formula is C111H88N4O2Si2. The van der Waals surface area contributed by atoms with Gasteiger partial charge >= 0.3 is 0 Å². The van der Waals surface area contributed by atoms with Crippen molar-refractivity contribution in [2.24, 2.45) is 0 Å². The van der Waals surface area contributed by atoms with Gasteiger partial charge in [0.15, 0.2) is 0 Å². The van der Waals surface area contributed by atoms with E-state index in [-0.39, 0.29) is 5.41 Å². The Balaban J connectivity index is 0.000000148. The Labute approximate surface area is 695 Å². The lowest BCUT2D eigenvalue weighted by Gasteiger charge is -2.28. The second-order valence-electron chi connectivity index (χ2n) is 34.4. The highest BCUT2D eigenvalue weighted by Crippen LogP contribution is 2.53. The zero-order chi connectivity index (χ0) is 80.4. The predicted molar refractivity (Wildman–Crippen MR) is 515 cm³/mol. The van der Waals surface area contributed by atoms with Gasteiger partial charge in [-0.2, -0.15) is 0 Å². The van der Waals surface area contributed by atoms with E-state index in [9.17, 15) is 0 Å². The molecule has 0 aliphatic heterocycles. The fourth-order valence-corrected chi connectivity index (χ4v) is 21.0. The van der Waals surface area contributed by atoms with Crippen molar-refractivity contribution in [3.63, 3.8) is 0 Å². The number of furan rings is 2. The molecule has 0 spiro atoms. The monoisotopic (exact) mass is 1560 g/mol. The molecule has 8 heteroatoms. The molecule has 21 aromatic rings. The van der Waals surface area contributed by atoms with Crippen molar-refractivity contribution >= 4 is 203 Å². The summed E-state index contributed by atoms with van der Waals surface area (Å²) < 4.78 is 14.1. The second kappa shape index (κ2) is 28.7. The number of benzene rings is 19. The van der Waals surface area contributed by atoms with Gasteiger partial charge in [0, 0.05) is 118 Å². The average molecular weight is 1570 g/mol. The fraction of sp³-hybridized carbons (Fsp3) is 0.0811. The molecule has 0 saturated carbocycles. The number of fused-ring (bicyclic) bond motifs is 22. The molecule has 0 amide bonds. The molecular weight excluding hydrogens is 1480 g/mol. The number of para-hydroxylation sites is 4. The highest BCUT2D eigenvalue weighted by Gasteiger charge is 2.36. The van der Waals surface area contributed by atoms with Crippen LogP contribution in [-0.2, 0) is 5.41 Å².